The van der Waals surface area contributed by atoms with Crippen molar-refractivity contribution in [2.24, 2.45) is 0 Å². The Morgan fingerprint density at radius 2 is 1.61 bits per heavy atom. The van der Waals surface area contributed by atoms with Crippen LogP contribution in [0.25, 0.3) is 11.1 Å². The van der Waals surface area contributed by atoms with Crippen molar-refractivity contribution in [2.45, 2.75) is 65.8 Å². The van der Waals surface area contributed by atoms with Crippen LogP contribution in [0.3, 0.4) is 0 Å². The maximum atomic E-state index is 9.40. The molecule has 0 aliphatic heterocycles. The minimum atomic E-state index is -1.68. The number of hydrogen-bond acceptors (Lipinski definition) is 3. The third kappa shape index (κ3) is 5.69. The Balaban J connectivity index is 1.98. The van der Waals surface area contributed by atoms with Crippen molar-refractivity contribution in [3.05, 3.63) is 53.1 Å². The van der Waals surface area contributed by atoms with E-state index in [0.717, 1.165) is 29.9 Å². The average molecular weight is 401 g/mol. The van der Waals surface area contributed by atoms with Crippen LogP contribution in [0.2, 0.25) is 18.1 Å². The summed E-state index contributed by atoms with van der Waals surface area (Å²) in [5.74, 6) is 0.907. The van der Waals surface area contributed by atoms with E-state index >= 15 is 0 Å². The molecule has 0 saturated heterocycles. The highest BCUT2D eigenvalue weighted by atomic mass is 28.4. The molecular weight excluding hydrogens is 364 g/mol. The van der Waals surface area contributed by atoms with Gasteiger partial charge in [0.2, 0.25) is 0 Å². The van der Waals surface area contributed by atoms with Crippen LogP contribution in [-0.2, 0) is 11.0 Å². The first-order valence-corrected chi connectivity index (χ1v) is 13.0. The Morgan fingerprint density at radius 1 is 0.964 bits per heavy atom. The molecule has 28 heavy (non-hydrogen) atoms. The van der Waals surface area contributed by atoms with Gasteiger partial charge in [0.1, 0.15) is 5.75 Å². The lowest BCUT2D eigenvalue weighted by molar-refractivity contribution is 0.233. The molecule has 0 heterocycles. The highest BCUT2D eigenvalue weighted by molar-refractivity contribution is 6.74. The van der Waals surface area contributed by atoms with Crippen LogP contribution < -0.4 is 4.74 Å². The van der Waals surface area contributed by atoms with Crippen LogP contribution in [0, 0.1) is 13.8 Å². The zero-order valence-corrected chi connectivity index (χ0v) is 19.6. The van der Waals surface area contributed by atoms with Gasteiger partial charge in [-0.05, 0) is 78.0 Å². The molecule has 0 fully saturated rings. The van der Waals surface area contributed by atoms with Gasteiger partial charge in [-0.2, -0.15) is 0 Å². The van der Waals surface area contributed by atoms with E-state index in [9.17, 15) is 5.11 Å². The maximum absolute atomic E-state index is 9.40. The topological polar surface area (TPSA) is 38.7 Å². The molecule has 0 amide bonds. The van der Waals surface area contributed by atoms with E-state index in [1.54, 1.807) is 0 Å². The standard InChI is InChI=1S/C24H36O3Si/c1-18-14-22(26-12-9-13-27-28(6,7)24(3,4)5)15-19(2)23(18)21-11-8-10-20(16-21)17-25/h8,10-11,14-16,25H,9,12-13,17H2,1-7H3. The fraction of sp³-hybridized carbons (Fsp3) is 0.500. The fourth-order valence-electron chi connectivity index (χ4n) is 3.08. The number of benzene rings is 2. The zero-order valence-electron chi connectivity index (χ0n) is 18.6. The van der Waals surface area contributed by atoms with Crippen LogP contribution in [0.1, 0.15) is 43.9 Å². The summed E-state index contributed by atoms with van der Waals surface area (Å²) in [5, 5.41) is 9.64. The molecule has 2 aromatic carbocycles. The second-order valence-electron chi connectivity index (χ2n) is 9.10. The SMILES string of the molecule is Cc1cc(OCCCO[Si](C)(C)C(C)(C)C)cc(C)c1-c1cccc(CO)c1. The number of aryl methyl sites for hydroxylation is 2. The van der Waals surface area contributed by atoms with E-state index in [-0.39, 0.29) is 11.6 Å². The van der Waals surface area contributed by atoms with Crippen molar-refractivity contribution in [1.29, 1.82) is 0 Å². The molecule has 0 aromatic heterocycles. The molecule has 0 bridgehead atoms. The number of hydrogen-bond donors (Lipinski definition) is 1. The van der Waals surface area contributed by atoms with Crippen LogP contribution in [-0.4, -0.2) is 26.6 Å². The van der Waals surface area contributed by atoms with Crippen molar-refractivity contribution < 1.29 is 14.3 Å². The van der Waals surface area contributed by atoms with Crippen LogP contribution >= 0.6 is 0 Å². The Kier molecular flexibility index (Phi) is 7.49. The van der Waals surface area contributed by atoms with Crippen LogP contribution in [0.15, 0.2) is 36.4 Å². The molecule has 0 atom stereocenters. The molecule has 2 rings (SSSR count). The minimum Gasteiger partial charge on any atom is -0.493 e. The third-order valence-electron chi connectivity index (χ3n) is 5.73. The van der Waals surface area contributed by atoms with E-state index in [0.29, 0.717) is 6.61 Å². The summed E-state index contributed by atoms with van der Waals surface area (Å²) >= 11 is 0. The van der Waals surface area contributed by atoms with Gasteiger partial charge in [-0.1, -0.05) is 39.0 Å². The molecule has 0 aliphatic carbocycles. The second-order valence-corrected chi connectivity index (χ2v) is 13.9. The molecule has 154 valence electrons. The van der Waals surface area contributed by atoms with Gasteiger partial charge in [0.25, 0.3) is 0 Å². The molecule has 2 aromatic rings. The Bertz CT molecular complexity index is 768. The van der Waals surface area contributed by atoms with Gasteiger partial charge in [0.05, 0.1) is 13.2 Å². The Morgan fingerprint density at radius 3 is 2.18 bits per heavy atom. The fourth-order valence-corrected chi connectivity index (χ4v) is 4.17. The van der Waals surface area contributed by atoms with Crippen LogP contribution in [0.5, 0.6) is 5.75 Å². The summed E-state index contributed by atoms with van der Waals surface area (Å²) in [7, 11) is -1.68. The summed E-state index contributed by atoms with van der Waals surface area (Å²) in [5.41, 5.74) is 5.64. The number of aliphatic hydroxyl groups excluding tert-OH is 1. The average Bonchev–Trinajstić information content (AvgIpc) is 2.60. The van der Waals surface area contributed by atoms with Crippen molar-refractivity contribution in [3.8, 4) is 16.9 Å². The molecule has 0 radical (unpaired) electrons. The maximum Gasteiger partial charge on any atom is 0.191 e. The molecule has 0 saturated carbocycles. The number of aliphatic hydroxyl groups is 1. The van der Waals surface area contributed by atoms with Gasteiger partial charge in [-0.15, -0.1) is 0 Å². The normalized spacial score (nSPS) is 12.3. The number of ether oxygens (including phenoxy) is 1. The lowest BCUT2D eigenvalue weighted by Crippen LogP contribution is -2.41. The predicted octanol–water partition coefficient (Wildman–Crippen LogP) is 6.25. The largest absolute Gasteiger partial charge is 0.493 e. The van der Waals surface area contributed by atoms with Gasteiger partial charge in [-0.3, -0.25) is 0 Å². The van der Waals surface area contributed by atoms with E-state index in [4.69, 9.17) is 9.16 Å². The summed E-state index contributed by atoms with van der Waals surface area (Å²) < 4.78 is 12.2. The molecule has 0 spiro atoms. The van der Waals surface area contributed by atoms with Gasteiger partial charge in [0, 0.05) is 13.0 Å². The molecule has 4 heteroatoms. The lowest BCUT2D eigenvalue weighted by atomic mass is 9.94. The highest BCUT2D eigenvalue weighted by Crippen LogP contribution is 2.36. The van der Waals surface area contributed by atoms with Crippen molar-refractivity contribution in [2.75, 3.05) is 13.2 Å². The zero-order chi connectivity index (χ0) is 20.9. The molecular formula is C24H36O3Si. The van der Waals surface area contributed by atoms with Gasteiger partial charge in [0.15, 0.2) is 8.32 Å². The van der Waals surface area contributed by atoms with E-state index < -0.39 is 8.32 Å². The van der Waals surface area contributed by atoms with Crippen molar-refractivity contribution in [1.82, 2.24) is 0 Å². The monoisotopic (exact) mass is 400 g/mol. The first-order valence-electron chi connectivity index (χ1n) is 10.1. The van der Waals surface area contributed by atoms with Crippen molar-refractivity contribution in [3.63, 3.8) is 0 Å². The Labute approximate surface area is 171 Å². The summed E-state index contributed by atoms with van der Waals surface area (Å²) in [4.78, 5) is 0. The molecule has 0 aliphatic rings. The lowest BCUT2D eigenvalue weighted by Gasteiger charge is -2.36. The quantitative estimate of drug-likeness (QED) is 0.420. The van der Waals surface area contributed by atoms with Crippen molar-refractivity contribution >= 4 is 8.32 Å². The molecule has 3 nitrogen and oxygen atoms in total. The van der Waals surface area contributed by atoms with E-state index in [1.807, 2.05) is 18.2 Å². The number of rotatable bonds is 8. The summed E-state index contributed by atoms with van der Waals surface area (Å²) in [6.45, 7) is 17.0. The first-order chi connectivity index (χ1) is 13.0. The third-order valence-corrected chi connectivity index (χ3v) is 10.3. The van der Waals surface area contributed by atoms with E-state index in [2.05, 4.69) is 65.9 Å². The predicted molar refractivity (Wildman–Crippen MR) is 121 cm³/mol. The summed E-state index contributed by atoms with van der Waals surface area (Å²) in [6.07, 6.45) is 0.894. The first kappa shape index (κ1) is 22.7. The van der Waals surface area contributed by atoms with Crippen LogP contribution in [0.4, 0.5) is 0 Å². The van der Waals surface area contributed by atoms with E-state index in [1.165, 1.54) is 16.7 Å². The smallest absolute Gasteiger partial charge is 0.191 e. The highest BCUT2D eigenvalue weighted by Gasteiger charge is 2.36. The summed E-state index contributed by atoms with van der Waals surface area (Å²) in [6, 6.07) is 12.3. The molecule has 1 N–H and O–H groups in total. The van der Waals surface area contributed by atoms with Gasteiger partial charge in [-0.25, -0.2) is 0 Å². The molecule has 0 unspecified atom stereocenters. The van der Waals surface area contributed by atoms with Gasteiger partial charge < -0.3 is 14.3 Å². The minimum absolute atomic E-state index is 0.0596. The second kappa shape index (κ2) is 9.25. The Hall–Kier alpha value is -1.62. The van der Waals surface area contributed by atoms with Gasteiger partial charge >= 0.3 is 0 Å².